The first-order valence-corrected chi connectivity index (χ1v) is 7.93. The molecule has 0 spiro atoms. The Hall–Kier alpha value is -2.86. The Morgan fingerprint density at radius 2 is 1.67 bits per heavy atom. The van der Waals surface area contributed by atoms with Crippen LogP contribution >= 0.6 is 11.3 Å². The van der Waals surface area contributed by atoms with E-state index in [0.29, 0.717) is 4.88 Å². The summed E-state index contributed by atoms with van der Waals surface area (Å²) in [5.74, 6) is -1.37. The summed E-state index contributed by atoms with van der Waals surface area (Å²) >= 11 is 1.36. The SMILES string of the molecule is COC(=O)C(=Cc1ccccc1)C(C(=O)OC)=C(N)c1cccs1. The van der Waals surface area contributed by atoms with Gasteiger partial charge in [-0.05, 0) is 23.1 Å². The minimum absolute atomic E-state index is 0.0179. The number of nitrogens with two attached hydrogens (primary N) is 1. The van der Waals surface area contributed by atoms with Crippen LogP contribution in [0.15, 0.2) is 59.0 Å². The molecule has 0 atom stereocenters. The molecule has 2 rings (SSSR count). The van der Waals surface area contributed by atoms with Crippen molar-refractivity contribution in [1.29, 1.82) is 0 Å². The van der Waals surface area contributed by atoms with E-state index in [2.05, 4.69) is 0 Å². The predicted octanol–water partition coefficient (Wildman–Crippen LogP) is 2.85. The molecule has 0 unspecified atom stereocenters. The lowest BCUT2D eigenvalue weighted by Gasteiger charge is -2.12. The predicted molar refractivity (Wildman–Crippen MR) is 93.9 cm³/mol. The summed E-state index contributed by atoms with van der Waals surface area (Å²) in [6.45, 7) is 0. The maximum atomic E-state index is 12.3. The summed E-state index contributed by atoms with van der Waals surface area (Å²) in [5.41, 5.74) is 7.08. The molecule has 24 heavy (non-hydrogen) atoms. The number of hydrogen-bond donors (Lipinski definition) is 1. The Morgan fingerprint density at radius 3 is 2.21 bits per heavy atom. The molecule has 0 bridgehead atoms. The maximum Gasteiger partial charge on any atom is 0.340 e. The second kappa shape index (κ2) is 8.12. The molecule has 0 saturated carbocycles. The molecule has 0 amide bonds. The zero-order valence-electron chi connectivity index (χ0n) is 13.3. The van der Waals surface area contributed by atoms with E-state index < -0.39 is 11.9 Å². The van der Waals surface area contributed by atoms with E-state index in [1.807, 2.05) is 23.6 Å². The maximum absolute atomic E-state index is 12.3. The Kier molecular flexibility index (Phi) is 5.92. The highest BCUT2D eigenvalue weighted by Crippen LogP contribution is 2.26. The summed E-state index contributed by atoms with van der Waals surface area (Å²) in [7, 11) is 2.48. The van der Waals surface area contributed by atoms with Crippen LogP contribution in [0.4, 0.5) is 0 Å². The molecule has 2 N–H and O–H groups in total. The van der Waals surface area contributed by atoms with Crippen molar-refractivity contribution in [3.63, 3.8) is 0 Å². The van der Waals surface area contributed by atoms with Gasteiger partial charge in [-0.1, -0.05) is 36.4 Å². The molecule has 0 radical (unpaired) electrons. The first-order valence-electron chi connectivity index (χ1n) is 7.05. The molecule has 0 aliphatic carbocycles. The van der Waals surface area contributed by atoms with Crippen molar-refractivity contribution in [2.75, 3.05) is 14.2 Å². The van der Waals surface area contributed by atoms with Crippen LogP contribution < -0.4 is 5.73 Å². The summed E-state index contributed by atoms with van der Waals surface area (Å²) in [4.78, 5) is 25.2. The molecule has 6 heteroatoms. The van der Waals surface area contributed by atoms with Gasteiger partial charge in [-0.2, -0.15) is 0 Å². The average molecular weight is 343 g/mol. The van der Waals surface area contributed by atoms with Crippen molar-refractivity contribution in [3.8, 4) is 0 Å². The van der Waals surface area contributed by atoms with E-state index in [1.165, 1.54) is 25.6 Å². The van der Waals surface area contributed by atoms with Gasteiger partial charge in [0.25, 0.3) is 0 Å². The Balaban J connectivity index is 2.67. The van der Waals surface area contributed by atoms with Crippen LogP contribution in [0.2, 0.25) is 0 Å². The summed E-state index contributed by atoms with van der Waals surface area (Å²) in [6.07, 6.45) is 1.55. The van der Waals surface area contributed by atoms with E-state index in [1.54, 1.807) is 30.3 Å². The van der Waals surface area contributed by atoms with Crippen molar-refractivity contribution in [2.24, 2.45) is 5.73 Å². The standard InChI is InChI=1S/C18H17NO4S/c1-22-17(20)13(11-12-7-4-3-5-8-12)15(18(21)23-2)16(19)14-9-6-10-24-14/h3-11H,19H2,1-2H3. The van der Waals surface area contributed by atoms with E-state index in [4.69, 9.17) is 15.2 Å². The minimum Gasteiger partial charge on any atom is -0.465 e. The number of benzene rings is 1. The van der Waals surface area contributed by atoms with Gasteiger partial charge in [0.2, 0.25) is 0 Å². The molecular weight excluding hydrogens is 326 g/mol. The topological polar surface area (TPSA) is 78.6 Å². The van der Waals surface area contributed by atoms with Crippen LogP contribution in [0.5, 0.6) is 0 Å². The fraction of sp³-hybridized carbons (Fsp3) is 0.111. The molecule has 0 fully saturated rings. The molecule has 1 aromatic carbocycles. The van der Waals surface area contributed by atoms with Crippen molar-refractivity contribution < 1.29 is 19.1 Å². The highest BCUT2D eigenvalue weighted by molar-refractivity contribution is 7.11. The van der Waals surface area contributed by atoms with Crippen molar-refractivity contribution >= 4 is 35.0 Å². The number of hydrogen-bond acceptors (Lipinski definition) is 6. The third-order valence-corrected chi connectivity index (χ3v) is 4.13. The lowest BCUT2D eigenvalue weighted by Crippen LogP contribution is -2.19. The minimum atomic E-state index is -0.700. The molecule has 5 nitrogen and oxygen atoms in total. The number of rotatable bonds is 5. The van der Waals surface area contributed by atoms with Crippen LogP contribution in [0.25, 0.3) is 11.8 Å². The van der Waals surface area contributed by atoms with Crippen LogP contribution in [0.3, 0.4) is 0 Å². The lowest BCUT2D eigenvalue weighted by atomic mass is 10.00. The monoisotopic (exact) mass is 343 g/mol. The third-order valence-electron chi connectivity index (χ3n) is 3.23. The molecule has 124 valence electrons. The molecule has 2 aromatic rings. The molecule has 0 saturated heterocycles. The van der Waals surface area contributed by atoms with Gasteiger partial charge in [0.1, 0.15) is 0 Å². The number of methoxy groups -OCH3 is 2. The van der Waals surface area contributed by atoms with Crippen LogP contribution in [0, 0.1) is 0 Å². The Morgan fingerprint density at radius 1 is 1.00 bits per heavy atom. The summed E-state index contributed by atoms with van der Waals surface area (Å²) in [6, 6.07) is 12.7. The van der Waals surface area contributed by atoms with Gasteiger partial charge in [0, 0.05) is 0 Å². The molecule has 1 heterocycles. The largest absolute Gasteiger partial charge is 0.465 e. The third kappa shape index (κ3) is 3.91. The number of carbonyl (C=O) groups excluding carboxylic acids is 2. The fourth-order valence-electron chi connectivity index (χ4n) is 2.08. The second-order valence-corrected chi connectivity index (χ2v) is 5.67. The first kappa shape index (κ1) is 17.5. The highest BCUT2D eigenvalue weighted by Gasteiger charge is 2.26. The quantitative estimate of drug-likeness (QED) is 0.513. The molecule has 0 aliphatic rings. The number of carbonyl (C=O) groups is 2. The first-order chi connectivity index (χ1) is 11.6. The van der Waals surface area contributed by atoms with Gasteiger partial charge in [-0.25, -0.2) is 9.59 Å². The molecular formula is C18H17NO4S. The van der Waals surface area contributed by atoms with Crippen molar-refractivity contribution in [1.82, 2.24) is 0 Å². The zero-order chi connectivity index (χ0) is 17.5. The normalized spacial score (nSPS) is 12.3. The van der Waals surface area contributed by atoms with Crippen LogP contribution in [-0.2, 0) is 19.1 Å². The molecule has 0 aliphatic heterocycles. The van der Waals surface area contributed by atoms with E-state index in [9.17, 15) is 9.59 Å². The van der Waals surface area contributed by atoms with E-state index in [0.717, 1.165) is 5.56 Å². The zero-order valence-corrected chi connectivity index (χ0v) is 14.1. The van der Waals surface area contributed by atoms with Crippen LogP contribution in [0.1, 0.15) is 10.4 Å². The van der Waals surface area contributed by atoms with Gasteiger partial charge < -0.3 is 15.2 Å². The van der Waals surface area contributed by atoms with Gasteiger partial charge >= 0.3 is 11.9 Å². The van der Waals surface area contributed by atoms with Gasteiger partial charge in [0.15, 0.2) is 0 Å². The van der Waals surface area contributed by atoms with Gasteiger partial charge in [-0.15, -0.1) is 11.3 Å². The van der Waals surface area contributed by atoms with E-state index in [-0.39, 0.29) is 16.8 Å². The Bertz CT molecular complexity index is 777. The van der Waals surface area contributed by atoms with Gasteiger partial charge in [-0.3, -0.25) is 0 Å². The lowest BCUT2D eigenvalue weighted by molar-refractivity contribution is -0.139. The fourth-order valence-corrected chi connectivity index (χ4v) is 2.77. The summed E-state index contributed by atoms with van der Waals surface area (Å²) < 4.78 is 9.65. The second-order valence-electron chi connectivity index (χ2n) is 4.72. The number of thiophene rings is 1. The van der Waals surface area contributed by atoms with Crippen molar-refractivity contribution in [3.05, 3.63) is 69.4 Å². The molecule has 1 aromatic heterocycles. The van der Waals surface area contributed by atoms with Gasteiger partial charge in [0.05, 0.1) is 35.9 Å². The number of esters is 2. The number of ether oxygens (including phenoxy) is 2. The Labute approximate surface area is 144 Å². The van der Waals surface area contributed by atoms with E-state index >= 15 is 0 Å². The highest BCUT2D eigenvalue weighted by atomic mass is 32.1. The summed E-state index contributed by atoms with van der Waals surface area (Å²) in [5, 5.41) is 1.83. The van der Waals surface area contributed by atoms with Crippen molar-refractivity contribution in [2.45, 2.75) is 0 Å². The smallest absolute Gasteiger partial charge is 0.340 e. The average Bonchev–Trinajstić information content (AvgIpc) is 3.15. The van der Waals surface area contributed by atoms with Crippen LogP contribution in [-0.4, -0.2) is 26.2 Å².